The Balaban J connectivity index is 1.34. The lowest BCUT2D eigenvalue weighted by Crippen LogP contribution is -1.91. The molecule has 9 rings (SSSR count). The Bertz CT molecular complexity index is 2290. The zero-order chi connectivity index (χ0) is 28.3. The number of rotatable bonds is 3. The Kier molecular flexibility index (Phi) is 5.36. The standard InChI is InChI=1S/C43H28/c1-3-13-28(14-4-1)38-25-30-17-7-8-18-33(30)43-39-27-32(24-23-31(39)26-40(38)43)42-36-21-11-9-19-34(36)41(29-15-5-2-6-16-29)35-20-10-12-22-37(35)42/h1-25,27H,26H2. The van der Waals surface area contributed by atoms with Crippen molar-refractivity contribution in [2.45, 2.75) is 6.42 Å². The van der Waals surface area contributed by atoms with E-state index in [2.05, 4.69) is 158 Å². The Morgan fingerprint density at radius 2 is 0.837 bits per heavy atom. The topological polar surface area (TPSA) is 0 Å². The fraction of sp³-hybridized carbons (Fsp3) is 0.0233. The molecule has 200 valence electrons. The molecule has 8 aromatic carbocycles. The summed E-state index contributed by atoms with van der Waals surface area (Å²) in [4.78, 5) is 0. The van der Waals surface area contributed by atoms with Crippen LogP contribution in [0.4, 0.5) is 0 Å². The molecule has 1 aliphatic carbocycles. The third-order valence-corrected chi connectivity index (χ3v) is 9.27. The summed E-state index contributed by atoms with van der Waals surface area (Å²) in [7, 11) is 0. The summed E-state index contributed by atoms with van der Waals surface area (Å²) in [5, 5.41) is 7.80. The van der Waals surface area contributed by atoms with Crippen LogP contribution in [0.2, 0.25) is 0 Å². The van der Waals surface area contributed by atoms with Gasteiger partial charge in [-0.15, -0.1) is 0 Å². The van der Waals surface area contributed by atoms with Crippen molar-refractivity contribution in [3.05, 3.63) is 169 Å². The van der Waals surface area contributed by atoms with E-state index in [1.807, 2.05) is 0 Å². The quantitative estimate of drug-likeness (QED) is 0.194. The summed E-state index contributed by atoms with van der Waals surface area (Å²) in [6.45, 7) is 0. The van der Waals surface area contributed by atoms with Gasteiger partial charge in [0.15, 0.2) is 0 Å². The lowest BCUT2D eigenvalue weighted by molar-refractivity contribution is 1.27. The average Bonchev–Trinajstić information content (AvgIpc) is 3.47. The van der Waals surface area contributed by atoms with Crippen LogP contribution in [0.25, 0.3) is 76.8 Å². The summed E-state index contributed by atoms with van der Waals surface area (Å²) >= 11 is 0. The average molecular weight is 545 g/mol. The molecular weight excluding hydrogens is 516 g/mol. The molecule has 0 aromatic heterocycles. The molecule has 0 bridgehead atoms. The van der Waals surface area contributed by atoms with E-state index in [1.165, 1.54) is 88.0 Å². The molecule has 0 unspecified atom stereocenters. The summed E-state index contributed by atoms with van der Waals surface area (Å²) in [5.74, 6) is 0. The third kappa shape index (κ3) is 3.70. The highest BCUT2D eigenvalue weighted by Crippen LogP contribution is 2.49. The van der Waals surface area contributed by atoms with Crippen LogP contribution in [0.3, 0.4) is 0 Å². The van der Waals surface area contributed by atoms with Gasteiger partial charge in [-0.1, -0.05) is 146 Å². The highest BCUT2D eigenvalue weighted by Gasteiger charge is 2.26. The first kappa shape index (κ1) is 24.2. The van der Waals surface area contributed by atoms with Gasteiger partial charge in [0.05, 0.1) is 0 Å². The van der Waals surface area contributed by atoms with E-state index in [4.69, 9.17) is 0 Å². The Morgan fingerprint density at radius 3 is 1.47 bits per heavy atom. The fourth-order valence-corrected chi connectivity index (χ4v) is 7.42. The Hall–Kier alpha value is -5.46. The van der Waals surface area contributed by atoms with E-state index in [0.29, 0.717) is 0 Å². The molecule has 1 aliphatic rings. The zero-order valence-corrected chi connectivity index (χ0v) is 23.7. The summed E-state index contributed by atoms with van der Waals surface area (Å²) in [6.07, 6.45) is 0.953. The van der Waals surface area contributed by atoms with E-state index < -0.39 is 0 Å². The molecule has 0 amide bonds. The second kappa shape index (κ2) is 9.54. The molecule has 0 atom stereocenters. The molecule has 0 radical (unpaired) electrons. The molecule has 0 saturated heterocycles. The smallest absolute Gasteiger partial charge is 0.000705 e. The van der Waals surface area contributed by atoms with Gasteiger partial charge in [0, 0.05) is 0 Å². The maximum Gasteiger partial charge on any atom is -0.000705 e. The molecular formula is C43H28. The van der Waals surface area contributed by atoms with Crippen molar-refractivity contribution in [3.63, 3.8) is 0 Å². The van der Waals surface area contributed by atoms with Gasteiger partial charge in [-0.2, -0.15) is 0 Å². The Labute approximate surface area is 251 Å². The second-order valence-electron chi connectivity index (χ2n) is 11.6. The number of benzene rings is 8. The highest BCUT2D eigenvalue weighted by atomic mass is 14.3. The van der Waals surface area contributed by atoms with E-state index in [0.717, 1.165) is 6.42 Å². The van der Waals surface area contributed by atoms with Crippen molar-refractivity contribution in [1.82, 2.24) is 0 Å². The molecule has 8 aromatic rings. The molecule has 0 saturated carbocycles. The van der Waals surface area contributed by atoms with Gasteiger partial charge < -0.3 is 0 Å². The molecule has 0 N–H and O–H groups in total. The lowest BCUT2D eigenvalue weighted by atomic mass is 9.85. The van der Waals surface area contributed by atoms with Crippen LogP contribution < -0.4 is 0 Å². The molecule has 0 spiro atoms. The fourth-order valence-electron chi connectivity index (χ4n) is 7.42. The van der Waals surface area contributed by atoms with E-state index in [-0.39, 0.29) is 0 Å². The first-order chi connectivity index (χ1) is 21.3. The van der Waals surface area contributed by atoms with E-state index in [9.17, 15) is 0 Å². The van der Waals surface area contributed by atoms with Gasteiger partial charge in [0.25, 0.3) is 0 Å². The maximum absolute atomic E-state index is 2.47. The third-order valence-electron chi connectivity index (χ3n) is 9.27. The SMILES string of the molecule is c1ccc(-c2cc3ccccc3c3c2Cc2ccc(-c4c5ccccc5c(-c5ccccc5)c5ccccc45)cc2-3)cc1. The van der Waals surface area contributed by atoms with Crippen LogP contribution in [-0.4, -0.2) is 0 Å². The molecule has 43 heavy (non-hydrogen) atoms. The molecule has 0 fully saturated rings. The van der Waals surface area contributed by atoms with Crippen LogP contribution in [0, 0.1) is 0 Å². The summed E-state index contributed by atoms with van der Waals surface area (Å²) in [6, 6.07) is 58.1. The predicted molar refractivity (Wildman–Crippen MR) is 184 cm³/mol. The molecule has 0 aliphatic heterocycles. The lowest BCUT2D eigenvalue weighted by Gasteiger charge is -2.18. The minimum atomic E-state index is 0.953. The minimum Gasteiger partial charge on any atom is -0.0622 e. The van der Waals surface area contributed by atoms with Gasteiger partial charge in [0.2, 0.25) is 0 Å². The van der Waals surface area contributed by atoms with Crippen molar-refractivity contribution < 1.29 is 0 Å². The van der Waals surface area contributed by atoms with Crippen LogP contribution in [0.1, 0.15) is 11.1 Å². The van der Waals surface area contributed by atoms with Crippen molar-refractivity contribution in [2.24, 2.45) is 0 Å². The first-order valence-electron chi connectivity index (χ1n) is 15.1. The van der Waals surface area contributed by atoms with E-state index in [1.54, 1.807) is 0 Å². The van der Waals surface area contributed by atoms with Crippen LogP contribution >= 0.6 is 0 Å². The monoisotopic (exact) mass is 544 g/mol. The van der Waals surface area contributed by atoms with Crippen molar-refractivity contribution in [3.8, 4) is 44.5 Å². The second-order valence-corrected chi connectivity index (χ2v) is 11.6. The Morgan fingerprint density at radius 1 is 0.326 bits per heavy atom. The zero-order valence-electron chi connectivity index (χ0n) is 23.7. The van der Waals surface area contributed by atoms with E-state index >= 15 is 0 Å². The molecule has 0 nitrogen and oxygen atoms in total. The predicted octanol–water partition coefficient (Wildman–Crippen LogP) is 11.7. The normalized spacial score (nSPS) is 12.1. The number of hydrogen-bond acceptors (Lipinski definition) is 0. The van der Waals surface area contributed by atoms with Gasteiger partial charge >= 0.3 is 0 Å². The first-order valence-corrected chi connectivity index (χ1v) is 15.1. The van der Waals surface area contributed by atoms with Crippen LogP contribution in [0.5, 0.6) is 0 Å². The van der Waals surface area contributed by atoms with Crippen molar-refractivity contribution in [2.75, 3.05) is 0 Å². The van der Waals surface area contributed by atoms with Gasteiger partial charge in [0.1, 0.15) is 0 Å². The van der Waals surface area contributed by atoms with Gasteiger partial charge in [-0.25, -0.2) is 0 Å². The van der Waals surface area contributed by atoms with Gasteiger partial charge in [-0.05, 0) is 107 Å². The molecule has 0 heterocycles. The minimum absolute atomic E-state index is 0.953. The maximum atomic E-state index is 2.47. The van der Waals surface area contributed by atoms with Crippen molar-refractivity contribution in [1.29, 1.82) is 0 Å². The van der Waals surface area contributed by atoms with Crippen LogP contribution in [0.15, 0.2) is 158 Å². The highest BCUT2D eigenvalue weighted by molar-refractivity contribution is 6.21. The number of fused-ring (bicyclic) bond motifs is 7. The summed E-state index contributed by atoms with van der Waals surface area (Å²) in [5.41, 5.74) is 13.4. The number of hydrogen-bond donors (Lipinski definition) is 0. The summed E-state index contributed by atoms with van der Waals surface area (Å²) < 4.78 is 0. The molecule has 0 heteroatoms. The largest absolute Gasteiger partial charge is 0.0622 e. The van der Waals surface area contributed by atoms with Crippen LogP contribution in [-0.2, 0) is 6.42 Å². The van der Waals surface area contributed by atoms with Gasteiger partial charge in [-0.3, -0.25) is 0 Å². The van der Waals surface area contributed by atoms with Crippen molar-refractivity contribution >= 4 is 32.3 Å².